The number of nitrogens with one attached hydrogen (secondary N) is 5. The van der Waals surface area contributed by atoms with Crippen molar-refractivity contribution in [3.63, 3.8) is 0 Å². The number of amides is 5. The Labute approximate surface area is 801 Å². The van der Waals surface area contributed by atoms with Crippen molar-refractivity contribution in [2.75, 3.05) is 37.6 Å². The van der Waals surface area contributed by atoms with Crippen molar-refractivity contribution in [2.24, 2.45) is 0 Å². The van der Waals surface area contributed by atoms with Gasteiger partial charge >= 0.3 is 0 Å². The lowest BCUT2D eigenvalue weighted by atomic mass is 9.85. The van der Waals surface area contributed by atoms with Gasteiger partial charge in [-0.1, -0.05) is 287 Å². The van der Waals surface area contributed by atoms with Gasteiger partial charge in [-0.15, -0.1) is 0 Å². The number of aromatic amines is 5. The fraction of sp³-hybridized carbons (Fsp3) is 0.124. The van der Waals surface area contributed by atoms with Crippen LogP contribution in [-0.4, -0.2) is 93.1 Å². The zero-order chi connectivity index (χ0) is 94.1. The van der Waals surface area contributed by atoms with Crippen molar-refractivity contribution in [2.45, 2.75) is 74.8 Å². The van der Waals surface area contributed by atoms with E-state index in [9.17, 15) is 49.5 Å². The van der Waals surface area contributed by atoms with Gasteiger partial charge in [0.15, 0.2) is 28.0 Å². The second kappa shape index (κ2) is 35.8. The third-order valence-electron chi connectivity index (χ3n) is 26.7. The Morgan fingerprint density at radius 2 is 0.610 bits per heavy atom. The molecule has 0 saturated carbocycles. The fourth-order valence-corrected chi connectivity index (χ4v) is 20.7. The maximum atomic E-state index is 13.7. The zero-order valence-electron chi connectivity index (χ0n) is 74.0. The lowest BCUT2D eigenvalue weighted by Crippen LogP contribution is -2.42. The molecule has 5 aromatic heterocycles. The van der Waals surface area contributed by atoms with Crippen LogP contribution in [0.2, 0.25) is 10.0 Å². The summed E-state index contributed by atoms with van der Waals surface area (Å²) in [7, 11) is 0. The Hall–Kier alpha value is -15.0. The van der Waals surface area contributed by atoms with Gasteiger partial charge < -0.3 is 75.0 Å². The maximum Gasteiger partial charge on any atom is 0.268 e. The second-order valence-corrected chi connectivity index (χ2v) is 36.4. The van der Waals surface area contributed by atoms with E-state index in [0.717, 1.165) is 110 Å². The maximum absolute atomic E-state index is 13.7. The molecule has 0 bridgehead atoms. The molecule has 5 unspecified atom stereocenters. The number of aliphatic hydroxyl groups is 5. The minimum atomic E-state index is -1.79. The number of para-hydroxylation sites is 8. The van der Waals surface area contributed by atoms with Crippen LogP contribution >= 0.6 is 39.1 Å². The molecule has 5 amide bonds. The fourth-order valence-electron chi connectivity index (χ4n) is 20.0. The van der Waals surface area contributed by atoms with E-state index in [1.807, 2.05) is 336 Å². The normalized spacial score (nSPS) is 18.9. The largest absolute Gasteiger partial charge is 0.372 e. The standard InChI is InChI=1S/C25H21ClN2O2.C24H20N2O2.C23H17ClN2O2.C23H18N2O2.C18H15BrN2O2/c1-16-23(19-9-5-6-10-21(19)27-16)25(30)20-15-18(26)11-12-22(20)28(24(25)29)14-13-17-7-3-2-4-8-17;1-16-10-12-17(13-11-16)15-26-22-9-5-3-7-19(22)24(28,23(26)27)20-14-25-21-8-4-2-6-18(20)21;24-16-11-9-15(10-12-16)14-26-21-8-4-2-6-18(21)23(28,22(26)27)19-13-25-20-7-3-1-5-17(19)20;26-22-23(27,19-14-24-20-12-6-4-10-17(19)20)18-11-5-7-13-21(18)25(22)15-16-8-2-1-3-9-16;1-2-21-16-8-7-11(19)9-13(16)18(23,17(21)22)14-10-20-15-6-4-3-5-12(14)15/h2-12,15,27,30H,13-14H2,1H3;2-14,25,28H,15H2,1H3;1-13,25,28H,14H2;1-14,24,27H,15H2;3-10,20,23H,2H2,1H3. The van der Waals surface area contributed by atoms with Gasteiger partial charge in [0, 0.05) is 168 Å². The van der Waals surface area contributed by atoms with Crippen LogP contribution < -0.4 is 24.5 Å². The van der Waals surface area contributed by atoms with E-state index in [-0.39, 0.29) is 29.5 Å². The first-order valence-corrected chi connectivity index (χ1v) is 46.3. The molecule has 0 radical (unpaired) electrons. The summed E-state index contributed by atoms with van der Waals surface area (Å²) >= 11 is 15.7. The van der Waals surface area contributed by atoms with Crippen molar-refractivity contribution < 1.29 is 49.5 Å². The van der Waals surface area contributed by atoms with E-state index in [1.54, 1.807) is 73.6 Å². The van der Waals surface area contributed by atoms with Gasteiger partial charge in [0.05, 0.1) is 48.1 Å². The molecule has 0 spiro atoms. The van der Waals surface area contributed by atoms with Crippen LogP contribution in [0.1, 0.15) is 96.1 Å². The van der Waals surface area contributed by atoms with Crippen LogP contribution in [-0.2, 0) is 78.0 Å². The summed E-state index contributed by atoms with van der Waals surface area (Å²) in [5, 5.41) is 64.0. The molecule has 10 heterocycles. The Morgan fingerprint density at radius 1 is 0.294 bits per heavy atom. The lowest BCUT2D eigenvalue weighted by molar-refractivity contribution is -0.132. The van der Waals surface area contributed by atoms with Gasteiger partial charge in [0.25, 0.3) is 29.5 Å². The molecule has 10 N–H and O–H groups in total. The van der Waals surface area contributed by atoms with E-state index < -0.39 is 28.0 Å². The van der Waals surface area contributed by atoms with E-state index >= 15 is 0 Å². The molecule has 5 atom stereocenters. The predicted molar refractivity (Wildman–Crippen MR) is 539 cm³/mol. The van der Waals surface area contributed by atoms with Crippen LogP contribution in [0, 0.1) is 13.8 Å². The Bertz CT molecular complexity index is 7680. The van der Waals surface area contributed by atoms with Crippen LogP contribution in [0.5, 0.6) is 0 Å². The van der Waals surface area contributed by atoms with Crippen molar-refractivity contribution >= 4 is 152 Å². The third-order valence-corrected chi connectivity index (χ3v) is 27.6. The van der Waals surface area contributed by atoms with Gasteiger partial charge in [-0.05, 0) is 147 Å². The van der Waals surface area contributed by atoms with Gasteiger partial charge in [0.2, 0.25) is 0 Å². The summed E-state index contributed by atoms with van der Waals surface area (Å²) < 4.78 is 0.834. The van der Waals surface area contributed by atoms with Crippen LogP contribution in [0.4, 0.5) is 28.4 Å². The first-order valence-electron chi connectivity index (χ1n) is 44.8. The highest BCUT2D eigenvalue weighted by Crippen LogP contribution is 2.54. The topological polar surface area (TPSA) is 282 Å². The first-order chi connectivity index (χ1) is 65.9. The Kier molecular flexibility index (Phi) is 23.4. The second-order valence-electron chi connectivity index (χ2n) is 34.6. The van der Waals surface area contributed by atoms with Crippen LogP contribution in [0.25, 0.3) is 54.5 Å². The number of likely N-dealkylation sites (N-methyl/N-ethyl adjacent to an activating group) is 1. The molecule has 20 nitrogen and oxygen atoms in total. The number of hydrogen-bond acceptors (Lipinski definition) is 10. The quantitative estimate of drug-likeness (QED) is 0.0463. The lowest BCUT2D eigenvalue weighted by Gasteiger charge is -2.24. The smallest absolute Gasteiger partial charge is 0.268 e. The number of nitrogens with zero attached hydrogens (tertiary/aromatic N) is 5. The molecular formula is C113H91BrCl2N10O10. The Balaban J connectivity index is 0.000000105. The number of carbonyl (C=O) groups excluding carboxylic acids is 5. The van der Waals surface area contributed by atoms with Crippen LogP contribution in [0.3, 0.4) is 0 Å². The number of halogens is 3. The van der Waals surface area contributed by atoms with E-state index in [1.165, 1.54) is 5.56 Å². The molecule has 0 saturated heterocycles. The summed E-state index contributed by atoms with van der Waals surface area (Å²) in [6, 6.07) is 107. The average molecular weight is 1900 g/mol. The van der Waals surface area contributed by atoms with Gasteiger partial charge in [-0.25, -0.2) is 0 Å². The number of hydrogen-bond donors (Lipinski definition) is 10. The molecule has 136 heavy (non-hydrogen) atoms. The van der Waals surface area contributed by atoms with Crippen molar-refractivity contribution in [3.05, 3.63) is 468 Å². The van der Waals surface area contributed by atoms with Gasteiger partial charge in [-0.3, -0.25) is 24.0 Å². The first kappa shape index (κ1) is 88.9. The number of rotatable bonds is 15. The summed E-state index contributed by atoms with van der Waals surface area (Å²) in [5.74, 6) is -1.65. The number of aromatic nitrogens is 5. The number of anilines is 5. The highest BCUT2D eigenvalue weighted by Gasteiger charge is 2.57. The SMILES string of the molecule is CCN1C(=O)C(O)(c2c[nH]c3ccccc23)c2cc(Br)ccc21.Cc1[nH]c2ccccc2c1C1(O)C(=O)N(CCc2ccccc2)c2ccc(Cl)cc21.Cc1ccc(CN2C(=O)C(O)(c3c[nH]c4ccccc34)c3ccccc32)cc1.O=C1N(Cc2ccc(Cl)cc2)c2ccccc2C1(O)c1c[nH]c2ccccc12.O=C1N(Cc2ccccc2)c2ccccc2C1(O)c1c[nH]c2ccccc12. The summed E-state index contributed by atoms with van der Waals surface area (Å²) in [6.07, 6.45) is 7.63. The van der Waals surface area contributed by atoms with E-state index in [2.05, 4.69) is 40.8 Å². The van der Waals surface area contributed by atoms with Crippen LogP contribution in [0.15, 0.2) is 369 Å². The molecule has 674 valence electrons. The monoisotopic (exact) mass is 1900 g/mol. The highest BCUT2D eigenvalue weighted by molar-refractivity contribution is 9.10. The van der Waals surface area contributed by atoms with E-state index in [0.29, 0.717) is 111 Å². The molecule has 0 fully saturated rings. The summed E-state index contributed by atoms with van der Waals surface area (Å²) in [5.41, 5.74) is 11.5. The zero-order valence-corrected chi connectivity index (χ0v) is 77.1. The highest BCUT2D eigenvalue weighted by atomic mass is 79.9. The molecule has 0 aliphatic carbocycles. The third kappa shape index (κ3) is 15.0. The number of fused-ring (bicyclic) bond motifs is 10. The number of H-pyrrole nitrogens is 5. The van der Waals surface area contributed by atoms with E-state index in [4.69, 9.17) is 23.2 Å². The molecule has 14 aromatic carbocycles. The van der Waals surface area contributed by atoms with Gasteiger partial charge in [0.1, 0.15) is 0 Å². The molecule has 5 aliphatic rings. The number of benzene rings is 14. The number of carbonyl (C=O) groups is 5. The average Bonchev–Trinajstić information content (AvgIpc) is 1.54. The van der Waals surface area contributed by atoms with Crippen molar-refractivity contribution in [1.82, 2.24) is 24.9 Å². The number of aryl methyl sites for hydroxylation is 2. The summed E-state index contributed by atoms with van der Waals surface area (Å²) in [4.78, 5) is 91.6. The molecule has 19 aromatic rings. The minimum absolute atomic E-state index is 0.308. The minimum Gasteiger partial charge on any atom is -0.372 e. The predicted octanol–water partition coefficient (Wildman–Crippen LogP) is 21.3. The Morgan fingerprint density at radius 3 is 1.04 bits per heavy atom. The molecule has 23 heteroatoms. The molecular weight excluding hydrogens is 1810 g/mol. The molecule has 5 aliphatic heterocycles. The van der Waals surface area contributed by atoms with Crippen molar-refractivity contribution in [1.29, 1.82) is 0 Å². The molecule has 24 rings (SSSR count). The van der Waals surface area contributed by atoms with Crippen molar-refractivity contribution in [3.8, 4) is 0 Å². The van der Waals surface area contributed by atoms with Gasteiger partial charge in [-0.2, -0.15) is 0 Å². The summed E-state index contributed by atoms with van der Waals surface area (Å²) in [6.45, 7) is 8.01.